The van der Waals surface area contributed by atoms with Crippen LogP contribution in [0.5, 0.6) is 5.75 Å². The Kier molecular flexibility index (Phi) is 4.07. The average Bonchev–Trinajstić information content (AvgIpc) is 2.93. The number of thiazole rings is 1. The van der Waals surface area contributed by atoms with Crippen LogP contribution in [0.3, 0.4) is 0 Å². The van der Waals surface area contributed by atoms with E-state index in [1.165, 1.54) is 24.5 Å². The Balaban J connectivity index is 1.81. The van der Waals surface area contributed by atoms with E-state index in [4.69, 9.17) is 4.74 Å². The molecule has 1 aromatic heterocycles. The van der Waals surface area contributed by atoms with Gasteiger partial charge in [0.1, 0.15) is 28.6 Å². The van der Waals surface area contributed by atoms with E-state index in [0.29, 0.717) is 16.4 Å². The second-order valence-corrected chi connectivity index (χ2v) is 5.53. The number of aromatic nitrogens is 1. The maximum atomic E-state index is 13.5. The summed E-state index contributed by atoms with van der Waals surface area (Å²) in [6, 6.07) is 7.93. The molecule has 23 heavy (non-hydrogen) atoms. The van der Waals surface area contributed by atoms with Crippen LogP contribution in [0.15, 0.2) is 36.4 Å². The van der Waals surface area contributed by atoms with Crippen LogP contribution in [-0.2, 0) is 0 Å². The van der Waals surface area contributed by atoms with Crippen LogP contribution in [0.1, 0.15) is 0 Å². The predicted molar refractivity (Wildman–Crippen MR) is 85.2 cm³/mol. The van der Waals surface area contributed by atoms with E-state index in [-0.39, 0.29) is 0 Å². The first kappa shape index (κ1) is 15.2. The first-order valence-corrected chi connectivity index (χ1v) is 7.35. The van der Waals surface area contributed by atoms with Crippen molar-refractivity contribution in [3.63, 3.8) is 0 Å². The third-order valence-corrected chi connectivity index (χ3v) is 3.96. The molecule has 0 spiro atoms. The zero-order valence-electron chi connectivity index (χ0n) is 11.9. The monoisotopic (exact) mass is 335 g/mol. The number of carbonyl (C=O) groups is 1. The number of benzene rings is 2. The number of halogens is 2. The van der Waals surface area contributed by atoms with Crippen LogP contribution >= 0.6 is 11.3 Å². The summed E-state index contributed by atoms with van der Waals surface area (Å²) in [5.74, 6) is -1.13. The van der Waals surface area contributed by atoms with Gasteiger partial charge in [0.25, 0.3) is 0 Å². The van der Waals surface area contributed by atoms with Gasteiger partial charge < -0.3 is 10.1 Å². The molecule has 2 amide bonds. The molecule has 0 bridgehead atoms. The van der Waals surface area contributed by atoms with Crippen molar-refractivity contribution in [3.05, 3.63) is 48.0 Å². The molecule has 0 saturated heterocycles. The highest BCUT2D eigenvalue weighted by molar-refractivity contribution is 7.22. The van der Waals surface area contributed by atoms with E-state index in [2.05, 4.69) is 15.6 Å². The van der Waals surface area contributed by atoms with Crippen molar-refractivity contribution >= 4 is 38.4 Å². The number of rotatable bonds is 3. The molecule has 0 aliphatic heterocycles. The molecule has 0 aliphatic rings. The predicted octanol–water partition coefficient (Wildman–Crippen LogP) is 4.23. The molecule has 5 nitrogen and oxygen atoms in total. The minimum Gasteiger partial charge on any atom is -0.494 e. The number of methoxy groups -OCH3 is 1. The van der Waals surface area contributed by atoms with Crippen LogP contribution in [0.25, 0.3) is 10.2 Å². The van der Waals surface area contributed by atoms with Gasteiger partial charge in [0.05, 0.1) is 11.8 Å². The van der Waals surface area contributed by atoms with E-state index in [9.17, 15) is 13.6 Å². The van der Waals surface area contributed by atoms with Crippen molar-refractivity contribution in [2.75, 3.05) is 17.7 Å². The van der Waals surface area contributed by atoms with Gasteiger partial charge in [-0.15, -0.1) is 0 Å². The number of ether oxygens (including phenoxy) is 1. The minimum atomic E-state index is -0.855. The second-order valence-electron chi connectivity index (χ2n) is 4.50. The molecular weight excluding hydrogens is 324 g/mol. The molecule has 1 heterocycles. The number of para-hydroxylation sites is 2. The van der Waals surface area contributed by atoms with Gasteiger partial charge in [-0.3, -0.25) is 5.32 Å². The second kappa shape index (κ2) is 6.17. The topological polar surface area (TPSA) is 63.2 Å². The molecule has 0 radical (unpaired) electrons. The van der Waals surface area contributed by atoms with E-state index < -0.39 is 23.4 Å². The summed E-state index contributed by atoms with van der Waals surface area (Å²) in [4.78, 5) is 16.1. The number of fused-ring (bicyclic) bond motifs is 1. The molecule has 0 atom stereocenters. The quantitative estimate of drug-likeness (QED) is 0.753. The van der Waals surface area contributed by atoms with Crippen LogP contribution < -0.4 is 15.4 Å². The normalized spacial score (nSPS) is 10.6. The Bertz CT molecular complexity index is 862. The Morgan fingerprint density at radius 2 is 1.83 bits per heavy atom. The Labute approximate surface area is 133 Å². The highest BCUT2D eigenvalue weighted by Gasteiger charge is 2.14. The Morgan fingerprint density at radius 1 is 1.13 bits per heavy atom. The lowest BCUT2D eigenvalue weighted by atomic mass is 10.3. The van der Waals surface area contributed by atoms with Gasteiger partial charge in [0.2, 0.25) is 0 Å². The van der Waals surface area contributed by atoms with Crippen molar-refractivity contribution in [1.29, 1.82) is 0 Å². The van der Waals surface area contributed by atoms with Crippen molar-refractivity contribution in [2.24, 2.45) is 0 Å². The van der Waals surface area contributed by atoms with Gasteiger partial charge in [-0.2, -0.15) is 0 Å². The number of carbonyl (C=O) groups excluding carboxylic acids is 1. The van der Waals surface area contributed by atoms with Gasteiger partial charge in [-0.05, 0) is 24.3 Å². The first-order chi connectivity index (χ1) is 11.1. The van der Waals surface area contributed by atoms with Gasteiger partial charge in [-0.25, -0.2) is 18.6 Å². The highest BCUT2D eigenvalue weighted by Crippen LogP contribution is 2.32. The Hall–Kier alpha value is -2.74. The van der Waals surface area contributed by atoms with E-state index in [1.54, 1.807) is 12.1 Å². The summed E-state index contributed by atoms with van der Waals surface area (Å²) in [6.07, 6.45) is 0. The third kappa shape index (κ3) is 3.07. The lowest BCUT2D eigenvalue weighted by Gasteiger charge is -2.07. The fourth-order valence-corrected chi connectivity index (χ4v) is 2.88. The number of urea groups is 1. The van der Waals surface area contributed by atoms with Gasteiger partial charge in [0, 0.05) is 0 Å². The van der Waals surface area contributed by atoms with Crippen molar-refractivity contribution in [3.8, 4) is 5.75 Å². The van der Waals surface area contributed by atoms with Gasteiger partial charge in [0.15, 0.2) is 5.13 Å². The van der Waals surface area contributed by atoms with Crippen LogP contribution in [0.4, 0.5) is 24.4 Å². The zero-order valence-corrected chi connectivity index (χ0v) is 12.7. The summed E-state index contributed by atoms with van der Waals surface area (Å²) in [7, 11) is 1.52. The molecule has 118 valence electrons. The standard InChI is InChI=1S/C15H11F2N3O2S/c1-22-10-6-3-7-11-13(10)19-15(23-11)20-14(21)18-12-8(16)4-2-5-9(12)17/h2-7H,1H3,(H2,18,19,20,21). The number of hydrogen-bond donors (Lipinski definition) is 2. The van der Waals surface area contributed by atoms with E-state index in [1.807, 2.05) is 6.07 Å². The van der Waals surface area contributed by atoms with Crippen LogP contribution in [0, 0.1) is 11.6 Å². The van der Waals surface area contributed by atoms with Crippen molar-refractivity contribution in [1.82, 2.24) is 4.98 Å². The van der Waals surface area contributed by atoms with Crippen molar-refractivity contribution in [2.45, 2.75) is 0 Å². The maximum Gasteiger partial charge on any atom is 0.325 e. The molecule has 0 aliphatic carbocycles. The summed E-state index contributed by atoms with van der Waals surface area (Å²) < 4.78 is 33.0. The lowest BCUT2D eigenvalue weighted by molar-refractivity contribution is 0.262. The molecule has 0 unspecified atom stereocenters. The van der Waals surface area contributed by atoms with Crippen molar-refractivity contribution < 1.29 is 18.3 Å². The summed E-state index contributed by atoms with van der Waals surface area (Å²) in [5, 5.41) is 4.88. The summed E-state index contributed by atoms with van der Waals surface area (Å²) in [5.41, 5.74) is 0.0936. The number of nitrogens with zero attached hydrogens (tertiary/aromatic N) is 1. The minimum absolute atomic E-state index is 0.291. The zero-order chi connectivity index (χ0) is 16.4. The molecule has 3 rings (SSSR count). The smallest absolute Gasteiger partial charge is 0.325 e. The van der Waals surface area contributed by atoms with Gasteiger partial charge >= 0.3 is 6.03 Å². The first-order valence-electron chi connectivity index (χ1n) is 6.54. The summed E-state index contributed by atoms with van der Waals surface area (Å²) >= 11 is 1.22. The van der Waals surface area contributed by atoms with Crippen LogP contribution in [-0.4, -0.2) is 18.1 Å². The average molecular weight is 335 g/mol. The van der Waals surface area contributed by atoms with Crippen LogP contribution in [0.2, 0.25) is 0 Å². The third-order valence-electron chi connectivity index (χ3n) is 3.02. The largest absolute Gasteiger partial charge is 0.494 e. The van der Waals surface area contributed by atoms with Gasteiger partial charge in [-0.1, -0.05) is 23.5 Å². The molecule has 2 aromatic carbocycles. The SMILES string of the molecule is COc1cccc2sc(NC(=O)Nc3c(F)cccc3F)nc12. The number of anilines is 2. The number of nitrogens with one attached hydrogen (secondary N) is 2. The fraction of sp³-hybridized carbons (Fsp3) is 0.0667. The molecular formula is C15H11F2N3O2S. The molecule has 3 aromatic rings. The van der Waals surface area contributed by atoms with E-state index in [0.717, 1.165) is 16.8 Å². The molecule has 2 N–H and O–H groups in total. The Morgan fingerprint density at radius 3 is 2.52 bits per heavy atom. The molecule has 0 fully saturated rings. The highest BCUT2D eigenvalue weighted by atomic mass is 32.1. The summed E-state index contributed by atoms with van der Waals surface area (Å²) in [6.45, 7) is 0. The fourth-order valence-electron chi connectivity index (χ4n) is 2.00. The number of hydrogen-bond acceptors (Lipinski definition) is 4. The lowest BCUT2D eigenvalue weighted by Crippen LogP contribution is -2.20. The van der Waals surface area contributed by atoms with E-state index >= 15 is 0 Å². The number of amides is 2. The maximum absolute atomic E-state index is 13.5. The molecule has 0 saturated carbocycles. The molecule has 8 heteroatoms.